The molecule has 6 heteroatoms. The summed E-state index contributed by atoms with van der Waals surface area (Å²) in [7, 11) is 0. The van der Waals surface area contributed by atoms with E-state index < -0.39 is 0 Å². The van der Waals surface area contributed by atoms with Gasteiger partial charge in [-0.3, -0.25) is 9.69 Å². The second-order valence-corrected chi connectivity index (χ2v) is 8.41. The van der Waals surface area contributed by atoms with E-state index in [2.05, 4.69) is 34.7 Å². The van der Waals surface area contributed by atoms with Gasteiger partial charge >= 0.3 is 0 Å². The van der Waals surface area contributed by atoms with Gasteiger partial charge in [0.2, 0.25) is 5.91 Å². The van der Waals surface area contributed by atoms with Gasteiger partial charge in [0, 0.05) is 36.0 Å². The number of amides is 1. The molecule has 0 bridgehead atoms. The van der Waals surface area contributed by atoms with Gasteiger partial charge in [-0.15, -0.1) is 11.3 Å². The Bertz CT molecular complexity index is 705. The number of aryl methyl sites for hydroxylation is 1. The van der Waals surface area contributed by atoms with Crippen molar-refractivity contribution in [2.24, 2.45) is 0 Å². The fourth-order valence-corrected chi connectivity index (χ4v) is 4.41. The monoisotopic (exact) mass is 406 g/mol. The molecule has 1 N–H and O–H groups in total. The van der Waals surface area contributed by atoms with Crippen LogP contribution in [0.2, 0.25) is 5.02 Å². The van der Waals surface area contributed by atoms with E-state index in [1.54, 1.807) is 11.3 Å². The van der Waals surface area contributed by atoms with Crippen LogP contribution in [0.1, 0.15) is 36.2 Å². The van der Waals surface area contributed by atoms with Crippen LogP contribution in [0.4, 0.5) is 0 Å². The van der Waals surface area contributed by atoms with Crippen LogP contribution in [0.3, 0.4) is 0 Å². The van der Waals surface area contributed by atoms with E-state index in [-0.39, 0.29) is 18.1 Å². The van der Waals surface area contributed by atoms with E-state index >= 15 is 0 Å². The van der Waals surface area contributed by atoms with Crippen molar-refractivity contribution in [3.05, 3.63) is 57.2 Å². The number of benzene rings is 1. The number of thiophene rings is 1. The summed E-state index contributed by atoms with van der Waals surface area (Å²) in [6.07, 6.45) is 2.50. The van der Waals surface area contributed by atoms with Crippen molar-refractivity contribution in [2.75, 3.05) is 26.2 Å². The predicted octanol–water partition coefficient (Wildman–Crippen LogP) is 4.30. The lowest BCUT2D eigenvalue weighted by atomic mass is 10.1. The van der Waals surface area contributed by atoms with Crippen molar-refractivity contribution >= 4 is 28.8 Å². The van der Waals surface area contributed by atoms with Gasteiger partial charge in [0.25, 0.3) is 0 Å². The van der Waals surface area contributed by atoms with Gasteiger partial charge < -0.3 is 10.1 Å². The molecule has 1 aliphatic rings. The molecule has 27 heavy (non-hydrogen) atoms. The minimum absolute atomic E-state index is 0.117. The smallest absolute Gasteiger partial charge is 0.220 e. The maximum absolute atomic E-state index is 12.3. The van der Waals surface area contributed by atoms with E-state index in [1.807, 2.05) is 24.3 Å². The average Bonchev–Trinajstić information content (AvgIpc) is 3.18. The Balaban J connectivity index is 1.47. The zero-order valence-electron chi connectivity index (χ0n) is 15.7. The number of nitrogens with one attached hydrogen (secondary N) is 1. The van der Waals surface area contributed by atoms with Gasteiger partial charge in [0.15, 0.2) is 0 Å². The first kappa shape index (κ1) is 20.3. The number of hydrogen-bond donors (Lipinski definition) is 1. The zero-order chi connectivity index (χ0) is 19.1. The second kappa shape index (κ2) is 10.2. The normalized spacial score (nSPS) is 19.0. The number of halogens is 1. The minimum atomic E-state index is 0.117. The summed E-state index contributed by atoms with van der Waals surface area (Å²) in [5, 5.41) is 5.98. The van der Waals surface area contributed by atoms with Gasteiger partial charge in [-0.25, -0.2) is 0 Å². The fraction of sp³-hybridized carbons (Fsp3) is 0.476. The molecule has 1 aliphatic heterocycles. The first-order valence-corrected chi connectivity index (χ1v) is 10.8. The Morgan fingerprint density at radius 2 is 2.19 bits per heavy atom. The Morgan fingerprint density at radius 1 is 1.37 bits per heavy atom. The molecular formula is C21H27ClN2O2S. The van der Waals surface area contributed by atoms with Gasteiger partial charge in [-0.1, -0.05) is 29.8 Å². The van der Waals surface area contributed by atoms with Crippen molar-refractivity contribution in [1.29, 1.82) is 0 Å². The maximum atomic E-state index is 12.3. The topological polar surface area (TPSA) is 41.6 Å². The van der Waals surface area contributed by atoms with E-state index in [1.165, 1.54) is 10.4 Å². The molecular weight excluding hydrogens is 380 g/mol. The Kier molecular flexibility index (Phi) is 7.70. The summed E-state index contributed by atoms with van der Waals surface area (Å²) in [5.74, 6) is 0.117. The average molecular weight is 407 g/mol. The molecule has 0 spiro atoms. The van der Waals surface area contributed by atoms with Crippen LogP contribution in [-0.4, -0.2) is 43.2 Å². The molecule has 0 aliphatic carbocycles. The Labute approximate surface area is 170 Å². The number of carbonyl (C=O) groups is 1. The fourth-order valence-electron chi connectivity index (χ4n) is 3.42. The number of morpholine rings is 1. The molecule has 0 unspecified atom stereocenters. The lowest BCUT2D eigenvalue weighted by Gasteiger charge is -2.37. The van der Waals surface area contributed by atoms with Crippen molar-refractivity contribution < 1.29 is 9.53 Å². The van der Waals surface area contributed by atoms with Crippen LogP contribution >= 0.6 is 22.9 Å². The summed E-state index contributed by atoms with van der Waals surface area (Å²) in [6.45, 7) is 5.30. The summed E-state index contributed by atoms with van der Waals surface area (Å²) in [4.78, 5) is 16.1. The van der Waals surface area contributed by atoms with Crippen LogP contribution in [0, 0.1) is 0 Å². The van der Waals surface area contributed by atoms with E-state index in [4.69, 9.17) is 16.3 Å². The third kappa shape index (κ3) is 6.32. The molecule has 1 saturated heterocycles. The lowest BCUT2D eigenvalue weighted by Crippen LogP contribution is -2.46. The van der Waals surface area contributed by atoms with E-state index in [9.17, 15) is 4.79 Å². The third-order valence-electron chi connectivity index (χ3n) is 4.86. The molecule has 3 rings (SSSR count). The van der Waals surface area contributed by atoms with Crippen LogP contribution in [-0.2, 0) is 16.0 Å². The maximum Gasteiger partial charge on any atom is 0.220 e. The molecule has 1 aromatic heterocycles. The highest BCUT2D eigenvalue weighted by Gasteiger charge is 2.26. The molecule has 0 saturated carbocycles. The zero-order valence-corrected chi connectivity index (χ0v) is 17.3. The standard InChI is InChI=1S/C21H27ClN2O2S/c1-16-15-24(11-12-26-16)19(20-5-3-13-27-20)14-23-21(25)6-2-4-17-7-9-18(22)10-8-17/h3,5,7-10,13,16,19H,2,4,6,11-12,14-15H2,1H3,(H,23,25)/t16-,19+/m0/s1. The molecule has 2 heterocycles. The molecule has 1 amide bonds. The molecule has 1 aromatic carbocycles. The second-order valence-electron chi connectivity index (χ2n) is 6.99. The van der Waals surface area contributed by atoms with Crippen molar-refractivity contribution in [3.63, 3.8) is 0 Å². The first-order chi connectivity index (χ1) is 13.1. The van der Waals surface area contributed by atoms with Crippen molar-refractivity contribution in [2.45, 2.75) is 38.3 Å². The van der Waals surface area contributed by atoms with Crippen molar-refractivity contribution in [3.8, 4) is 0 Å². The molecule has 2 aromatic rings. The predicted molar refractivity (Wildman–Crippen MR) is 111 cm³/mol. The highest BCUT2D eigenvalue weighted by molar-refractivity contribution is 7.10. The lowest BCUT2D eigenvalue weighted by molar-refractivity contribution is -0.121. The Morgan fingerprint density at radius 3 is 2.89 bits per heavy atom. The summed E-state index contributed by atoms with van der Waals surface area (Å²) < 4.78 is 5.67. The highest BCUT2D eigenvalue weighted by Crippen LogP contribution is 2.26. The quantitative estimate of drug-likeness (QED) is 0.710. The van der Waals surface area contributed by atoms with Crippen molar-refractivity contribution in [1.82, 2.24) is 10.2 Å². The third-order valence-corrected chi connectivity index (χ3v) is 6.09. The molecule has 2 atom stereocenters. The number of hydrogen-bond acceptors (Lipinski definition) is 4. The van der Waals surface area contributed by atoms with E-state index in [0.29, 0.717) is 13.0 Å². The summed E-state index contributed by atoms with van der Waals surface area (Å²) in [6, 6.07) is 12.3. The van der Waals surface area contributed by atoms with Crippen LogP contribution in [0.25, 0.3) is 0 Å². The number of ether oxygens (including phenoxy) is 1. The largest absolute Gasteiger partial charge is 0.376 e. The molecule has 4 nitrogen and oxygen atoms in total. The van der Waals surface area contributed by atoms with Crippen LogP contribution in [0.5, 0.6) is 0 Å². The minimum Gasteiger partial charge on any atom is -0.376 e. The first-order valence-electron chi connectivity index (χ1n) is 9.52. The number of rotatable bonds is 8. The van der Waals surface area contributed by atoms with E-state index in [0.717, 1.165) is 37.6 Å². The Hall–Kier alpha value is -1.40. The van der Waals surface area contributed by atoms with Gasteiger partial charge in [0.05, 0.1) is 18.8 Å². The molecule has 0 radical (unpaired) electrons. The number of nitrogens with zero attached hydrogens (tertiary/aromatic N) is 1. The summed E-state index contributed by atoms with van der Waals surface area (Å²) >= 11 is 7.66. The van der Waals surface area contributed by atoms with Gasteiger partial charge in [-0.2, -0.15) is 0 Å². The molecule has 146 valence electrons. The van der Waals surface area contributed by atoms with Gasteiger partial charge in [0.1, 0.15) is 0 Å². The SMILES string of the molecule is C[C@H]1CN([C@H](CNC(=O)CCCc2ccc(Cl)cc2)c2cccs2)CCO1. The van der Waals surface area contributed by atoms with Crippen LogP contribution < -0.4 is 5.32 Å². The van der Waals surface area contributed by atoms with Gasteiger partial charge in [-0.05, 0) is 48.9 Å². The van der Waals surface area contributed by atoms with Crippen LogP contribution in [0.15, 0.2) is 41.8 Å². The molecule has 1 fully saturated rings. The number of carbonyl (C=O) groups excluding carboxylic acids is 1. The highest BCUT2D eigenvalue weighted by atomic mass is 35.5. The summed E-state index contributed by atoms with van der Waals surface area (Å²) in [5.41, 5.74) is 1.21.